The fourth-order valence-corrected chi connectivity index (χ4v) is 2.12. The van der Waals surface area contributed by atoms with Crippen LogP contribution in [-0.4, -0.2) is 19.6 Å². The van der Waals surface area contributed by atoms with Gasteiger partial charge in [0, 0.05) is 24.1 Å². The van der Waals surface area contributed by atoms with Crippen LogP contribution in [0.2, 0.25) is 0 Å². The molecule has 2 aromatic rings. The molecule has 0 spiro atoms. The van der Waals surface area contributed by atoms with E-state index in [-0.39, 0.29) is 12.3 Å². The molecule has 0 aliphatic carbocycles. The second-order valence-corrected chi connectivity index (χ2v) is 4.83. The summed E-state index contributed by atoms with van der Waals surface area (Å²) in [5.41, 5.74) is 0.628. The van der Waals surface area contributed by atoms with E-state index >= 15 is 0 Å². The standard InChI is InChI=1S/C16H19NO4/c1-3-4-7-17-15(18)8-11-9-16(19)21-14-10-12(20-2)5-6-13(11)14/h5-6,9-10H,3-4,7-8H2,1-2H3,(H,17,18). The van der Waals surface area contributed by atoms with Gasteiger partial charge in [-0.25, -0.2) is 4.79 Å². The number of hydrogen-bond acceptors (Lipinski definition) is 4. The minimum absolute atomic E-state index is 0.0915. The van der Waals surface area contributed by atoms with Gasteiger partial charge >= 0.3 is 5.63 Å². The average Bonchev–Trinajstić information content (AvgIpc) is 2.46. The molecule has 0 aliphatic heterocycles. The van der Waals surface area contributed by atoms with Crippen LogP contribution in [0.5, 0.6) is 5.75 Å². The van der Waals surface area contributed by atoms with Crippen LogP contribution in [-0.2, 0) is 11.2 Å². The molecule has 0 saturated heterocycles. The predicted octanol–water partition coefficient (Wildman–Crippen LogP) is 2.26. The molecule has 1 amide bonds. The molecular formula is C16H19NO4. The van der Waals surface area contributed by atoms with Gasteiger partial charge in [0.15, 0.2) is 0 Å². The van der Waals surface area contributed by atoms with Gasteiger partial charge in [0.1, 0.15) is 11.3 Å². The zero-order valence-electron chi connectivity index (χ0n) is 12.3. The van der Waals surface area contributed by atoms with Crippen LogP contribution < -0.4 is 15.7 Å². The monoisotopic (exact) mass is 289 g/mol. The fraction of sp³-hybridized carbons (Fsp3) is 0.375. The van der Waals surface area contributed by atoms with E-state index in [1.807, 2.05) is 0 Å². The minimum atomic E-state index is -0.466. The highest BCUT2D eigenvalue weighted by molar-refractivity contribution is 5.87. The normalized spacial score (nSPS) is 10.6. The van der Waals surface area contributed by atoms with Crippen molar-refractivity contribution < 1.29 is 13.9 Å². The maximum atomic E-state index is 11.9. The number of fused-ring (bicyclic) bond motifs is 1. The molecular weight excluding hydrogens is 270 g/mol. The lowest BCUT2D eigenvalue weighted by Gasteiger charge is -2.07. The number of hydrogen-bond donors (Lipinski definition) is 1. The van der Waals surface area contributed by atoms with Gasteiger partial charge in [0.05, 0.1) is 13.5 Å². The highest BCUT2D eigenvalue weighted by atomic mass is 16.5. The van der Waals surface area contributed by atoms with E-state index in [9.17, 15) is 9.59 Å². The molecule has 1 N–H and O–H groups in total. The van der Waals surface area contributed by atoms with Crippen molar-refractivity contribution in [3.8, 4) is 5.75 Å². The molecule has 5 heteroatoms. The van der Waals surface area contributed by atoms with Gasteiger partial charge in [-0.3, -0.25) is 4.79 Å². The number of carbonyl (C=O) groups excluding carboxylic acids is 1. The van der Waals surface area contributed by atoms with E-state index in [4.69, 9.17) is 9.15 Å². The third-order valence-electron chi connectivity index (χ3n) is 3.24. The summed E-state index contributed by atoms with van der Waals surface area (Å²) in [6.45, 7) is 2.72. The van der Waals surface area contributed by atoms with E-state index < -0.39 is 5.63 Å². The van der Waals surface area contributed by atoms with Crippen LogP contribution in [0.25, 0.3) is 11.0 Å². The molecule has 0 aliphatic rings. The maximum Gasteiger partial charge on any atom is 0.336 e. The Morgan fingerprint density at radius 1 is 1.33 bits per heavy atom. The Morgan fingerprint density at radius 3 is 2.86 bits per heavy atom. The number of amides is 1. The van der Waals surface area contributed by atoms with Gasteiger partial charge in [0.2, 0.25) is 5.91 Å². The topological polar surface area (TPSA) is 68.5 Å². The molecule has 1 heterocycles. The van der Waals surface area contributed by atoms with Gasteiger partial charge in [-0.05, 0) is 24.1 Å². The van der Waals surface area contributed by atoms with Crippen LogP contribution in [0.4, 0.5) is 0 Å². The molecule has 0 saturated carbocycles. The summed E-state index contributed by atoms with van der Waals surface area (Å²) in [4.78, 5) is 23.5. The maximum absolute atomic E-state index is 11.9. The number of methoxy groups -OCH3 is 1. The number of unbranched alkanes of at least 4 members (excludes halogenated alkanes) is 1. The highest BCUT2D eigenvalue weighted by Crippen LogP contribution is 2.22. The number of carbonyl (C=O) groups is 1. The van der Waals surface area contributed by atoms with Crippen molar-refractivity contribution in [1.82, 2.24) is 5.32 Å². The van der Waals surface area contributed by atoms with Crippen molar-refractivity contribution in [3.05, 3.63) is 40.2 Å². The number of nitrogens with one attached hydrogen (secondary N) is 1. The average molecular weight is 289 g/mol. The summed E-state index contributed by atoms with van der Waals surface area (Å²) in [6.07, 6.45) is 2.14. The smallest absolute Gasteiger partial charge is 0.336 e. The molecule has 0 unspecified atom stereocenters. The van der Waals surface area contributed by atoms with Crippen molar-refractivity contribution in [2.45, 2.75) is 26.2 Å². The van der Waals surface area contributed by atoms with Gasteiger partial charge in [0.25, 0.3) is 0 Å². The van der Waals surface area contributed by atoms with E-state index in [0.717, 1.165) is 18.2 Å². The zero-order valence-corrected chi connectivity index (χ0v) is 12.3. The minimum Gasteiger partial charge on any atom is -0.497 e. The molecule has 0 bridgehead atoms. The van der Waals surface area contributed by atoms with Gasteiger partial charge in [-0.1, -0.05) is 13.3 Å². The fourth-order valence-electron chi connectivity index (χ4n) is 2.12. The molecule has 21 heavy (non-hydrogen) atoms. The Balaban J connectivity index is 2.26. The van der Waals surface area contributed by atoms with Crippen LogP contribution in [0.15, 0.2) is 33.5 Å². The second-order valence-electron chi connectivity index (χ2n) is 4.83. The quantitative estimate of drug-likeness (QED) is 0.654. The van der Waals surface area contributed by atoms with Gasteiger partial charge < -0.3 is 14.5 Å². The predicted molar refractivity (Wildman–Crippen MR) is 80.7 cm³/mol. The van der Waals surface area contributed by atoms with Crippen LogP contribution >= 0.6 is 0 Å². The highest BCUT2D eigenvalue weighted by Gasteiger charge is 2.10. The van der Waals surface area contributed by atoms with Crippen LogP contribution in [0.1, 0.15) is 25.3 Å². The first-order valence-electron chi connectivity index (χ1n) is 7.01. The third-order valence-corrected chi connectivity index (χ3v) is 3.24. The first-order valence-corrected chi connectivity index (χ1v) is 7.01. The van der Waals surface area contributed by atoms with Crippen molar-refractivity contribution >= 4 is 16.9 Å². The lowest BCUT2D eigenvalue weighted by molar-refractivity contribution is -0.120. The zero-order chi connectivity index (χ0) is 15.2. The lowest BCUT2D eigenvalue weighted by Crippen LogP contribution is -2.26. The van der Waals surface area contributed by atoms with E-state index in [0.29, 0.717) is 23.4 Å². The summed E-state index contributed by atoms with van der Waals surface area (Å²) < 4.78 is 10.3. The third kappa shape index (κ3) is 3.84. The first-order chi connectivity index (χ1) is 10.1. The molecule has 0 fully saturated rings. The summed E-state index contributed by atoms with van der Waals surface area (Å²) >= 11 is 0. The van der Waals surface area contributed by atoms with Crippen molar-refractivity contribution in [2.24, 2.45) is 0 Å². The van der Waals surface area contributed by atoms with Gasteiger partial charge in [-0.2, -0.15) is 0 Å². The van der Waals surface area contributed by atoms with Gasteiger partial charge in [-0.15, -0.1) is 0 Å². The first kappa shape index (κ1) is 15.1. The Morgan fingerprint density at radius 2 is 2.14 bits per heavy atom. The Bertz CT molecular complexity index is 690. The number of rotatable bonds is 6. The lowest BCUT2D eigenvalue weighted by atomic mass is 10.1. The number of benzene rings is 1. The van der Waals surface area contributed by atoms with Crippen molar-refractivity contribution in [1.29, 1.82) is 0 Å². The van der Waals surface area contributed by atoms with Crippen LogP contribution in [0, 0.1) is 0 Å². The SMILES string of the molecule is CCCCNC(=O)Cc1cc(=O)oc2cc(OC)ccc12. The summed E-state index contributed by atoms with van der Waals surface area (Å²) in [6, 6.07) is 6.59. The molecule has 1 aromatic carbocycles. The molecule has 112 valence electrons. The Kier molecular flexibility index (Phi) is 4.98. The summed E-state index contributed by atoms with van der Waals surface area (Å²) in [7, 11) is 1.55. The largest absolute Gasteiger partial charge is 0.497 e. The summed E-state index contributed by atoms with van der Waals surface area (Å²) in [5, 5.41) is 3.59. The van der Waals surface area contributed by atoms with E-state index in [2.05, 4.69) is 12.2 Å². The Hall–Kier alpha value is -2.30. The van der Waals surface area contributed by atoms with Crippen LogP contribution in [0.3, 0.4) is 0 Å². The molecule has 0 radical (unpaired) electrons. The van der Waals surface area contributed by atoms with Crippen molar-refractivity contribution in [2.75, 3.05) is 13.7 Å². The van der Waals surface area contributed by atoms with Crippen molar-refractivity contribution in [3.63, 3.8) is 0 Å². The van der Waals surface area contributed by atoms with E-state index in [1.54, 1.807) is 25.3 Å². The Labute approximate surface area is 122 Å². The second kappa shape index (κ2) is 6.92. The van der Waals surface area contributed by atoms with E-state index in [1.165, 1.54) is 6.07 Å². The molecule has 2 rings (SSSR count). The summed E-state index contributed by atoms with van der Waals surface area (Å²) in [5.74, 6) is 0.515. The number of ether oxygens (including phenoxy) is 1. The molecule has 1 aromatic heterocycles. The molecule has 0 atom stereocenters. The molecule has 5 nitrogen and oxygen atoms in total.